The number of methoxy groups -OCH3 is 1. The number of nitrogens with one attached hydrogen (secondary N) is 3. The van der Waals surface area contributed by atoms with E-state index in [0.717, 1.165) is 26.7 Å². The Morgan fingerprint density at radius 3 is 2.10 bits per heavy atom. The van der Waals surface area contributed by atoms with Crippen LogP contribution in [0, 0.1) is 0 Å². The first-order valence-corrected chi connectivity index (χ1v) is 18.2. The van der Waals surface area contributed by atoms with Crippen molar-refractivity contribution in [2.45, 2.75) is 76.7 Å². The molecule has 2 aromatic heterocycles. The van der Waals surface area contributed by atoms with Crippen LogP contribution in [0.5, 0.6) is 0 Å². The van der Waals surface area contributed by atoms with E-state index in [4.69, 9.17) is 14.5 Å². The predicted molar refractivity (Wildman–Crippen MR) is 196 cm³/mol. The summed E-state index contributed by atoms with van der Waals surface area (Å²) >= 11 is 3.09. The zero-order valence-corrected chi connectivity index (χ0v) is 30.4. The van der Waals surface area contributed by atoms with Crippen molar-refractivity contribution in [3.05, 3.63) is 117 Å². The highest BCUT2D eigenvalue weighted by Gasteiger charge is 2.25. The number of hydrogen-bond acceptors (Lipinski definition) is 10. The van der Waals surface area contributed by atoms with Crippen molar-refractivity contribution in [1.82, 2.24) is 30.8 Å². The van der Waals surface area contributed by atoms with Crippen LogP contribution in [0.15, 0.2) is 90.2 Å². The first kappa shape index (κ1) is 37.6. The third-order valence-electron chi connectivity index (χ3n) is 7.92. The molecule has 3 unspecified atom stereocenters. The van der Waals surface area contributed by atoms with E-state index in [2.05, 4.69) is 58.9 Å². The number of alkyl carbamates (subject to hydrolysis) is 1. The highest BCUT2D eigenvalue weighted by atomic mass is 32.1. The fourth-order valence-electron chi connectivity index (χ4n) is 5.27. The van der Waals surface area contributed by atoms with Crippen LogP contribution < -0.4 is 16.0 Å². The molecule has 0 saturated heterocycles. The molecular formula is C37H48N6O4S2. The van der Waals surface area contributed by atoms with Crippen molar-refractivity contribution >= 4 is 34.7 Å². The molecular weight excluding hydrogens is 657 g/mol. The fraction of sp³-hybridized carbons (Fsp3) is 0.405. The standard InChI is InChI=1S/C37H48N6O4S2/c1-26(2)36-41-32(24-48-36)21-43(4)27(3)39-34(23-46-5)35(44)40-30(18-28-12-8-6-9-13-28)16-17-31(19-29-14-10-7-11-15-29)42-37(45)47-22-33-20-38-25-49-33/h6-15,20,24-26,30-31,34,39H,3,16-19,21-23H2,1-2,4-5H3,(H,40,44)(H,42,45). The molecule has 0 aliphatic rings. The molecule has 0 aliphatic heterocycles. The van der Waals surface area contributed by atoms with Crippen LogP contribution in [0.2, 0.25) is 0 Å². The normalized spacial score (nSPS) is 12.9. The van der Waals surface area contributed by atoms with Crippen molar-refractivity contribution in [3.63, 3.8) is 0 Å². The van der Waals surface area contributed by atoms with Crippen LogP contribution in [0.4, 0.5) is 4.79 Å². The second kappa shape index (κ2) is 19.7. The SMILES string of the molecule is C=C(NC(COC)C(=O)NC(CCC(Cc1ccccc1)NC(=O)OCc1cncs1)Cc1ccccc1)N(C)Cc1csc(C(C)C)n1. The van der Waals surface area contributed by atoms with Crippen molar-refractivity contribution in [2.75, 3.05) is 20.8 Å². The molecule has 2 aromatic carbocycles. The van der Waals surface area contributed by atoms with Crippen molar-refractivity contribution < 1.29 is 19.1 Å². The van der Waals surface area contributed by atoms with Gasteiger partial charge in [0.2, 0.25) is 5.91 Å². The van der Waals surface area contributed by atoms with E-state index in [0.29, 0.717) is 44.0 Å². The van der Waals surface area contributed by atoms with Gasteiger partial charge in [-0.15, -0.1) is 22.7 Å². The van der Waals surface area contributed by atoms with Gasteiger partial charge in [0.15, 0.2) is 0 Å². The third-order valence-corrected chi connectivity index (χ3v) is 9.87. The molecule has 10 nitrogen and oxygen atoms in total. The summed E-state index contributed by atoms with van der Waals surface area (Å²) in [6.45, 7) is 9.35. The monoisotopic (exact) mass is 704 g/mol. The molecule has 0 saturated carbocycles. The van der Waals surface area contributed by atoms with E-state index in [1.54, 1.807) is 30.2 Å². The number of rotatable bonds is 20. The molecule has 262 valence electrons. The maximum absolute atomic E-state index is 13.8. The molecule has 4 aromatic rings. The molecule has 49 heavy (non-hydrogen) atoms. The van der Waals surface area contributed by atoms with Crippen molar-refractivity contribution in [1.29, 1.82) is 0 Å². The summed E-state index contributed by atoms with van der Waals surface area (Å²) in [6, 6.07) is 19.0. The molecule has 3 N–H and O–H groups in total. The Labute approximate surface area is 298 Å². The van der Waals surface area contributed by atoms with Gasteiger partial charge >= 0.3 is 6.09 Å². The molecule has 0 bridgehead atoms. The van der Waals surface area contributed by atoms with Crippen molar-refractivity contribution in [3.8, 4) is 0 Å². The average molecular weight is 705 g/mol. The first-order valence-electron chi connectivity index (χ1n) is 16.5. The Balaban J connectivity index is 1.42. The van der Waals surface area contributed by atoms with Gasteiger partial charge < -0.3 is 30.3 Å². The number of aromatic nitrogens is 2. The number of carbonyl (C=O) groups excluding carboxylic acids is 2. The lowest BCUT2D eigenvalue weighted by Gasteiger charge is -2.29. The quantitative estimate of drug-likeness (QED) is 0.0986. The third kappa shape index (κ3) is 12.9. The maximum atomic E-state index is 13.8. The molecule has 4 rings (SSSR count). The van der Waals surface area contributed by atoms with Gasteiger partial charge in [-0.1, -0.05) is 81.1 Å². The minimum Gasteiger partial charge on any atom is -0.444 e. The Bertz CT molecular complexity index is 1570. The molecule has 0 spiro atoms. The molecule has 0 fully saturated rings. The Morgan fingerprint density at radius 2 is 1.55 bits per heavy atom. The van der Waals surface area contributed by atoms with E-state index >= 15 is 0 Å². The summed E-state index contributed by atoms with van der Waals surface area (Å²) in [5.41, 5.74) is 4.88. The van der Waals surface area contributed by atoms with E-state index in [-0.39, 0.29) is 31.2 Å². The molecule has 2 amide bonds. The number of nitrogens with zero attached hydrogens (tertiary/aromatic N) is 3. The summed E-state index contributed by atoms with van der Waals surface area (Å²) in [6.07, 6.45) is 3.70. The van der Waals surface area contributed by atoms with Crippen LogP contribution >= 0.6 is 22.7 Å². The van der Waals surface area contributed by atoms with E-state index in [1.165, 1.54) is 11.3 Å². The minimum absolute atomic E-state index is 0.161. The van der Waals surface area contributed by atoms with Gasteiger partial charge in [0.25, 0.3) is 0 Å². The van der Waals surface area contributed by atoms with Crippen molar-refractivity contribution in [2.24, 2.45) is 0 Å². The van der Waals surface area contributed by atoms with Gasteiger partial charge in [0, 0.05) is 43.7 Å². The molecule has 12 heteroatoms. The number of thiazole rings is 2. The summed E-state index contributed by atoms with van der Waals surface area (Å²) in [5.74, 6) is 0.779. The summed E-state index contributed by atoms with van der Waals surface area (Å²) in [5, 5.41) is 12.8. The number of benzene rings is 2. The van der Waals surface area contributed by atoms with Crippen LogP contribution in [-0.4, -0.2) is 65.8 Å². The van der Waals surface area contributed by atoms with Gasteiger partial charge in [0.05, 0.1) is 40.1 Å². The predicted octanol–water partition coefficient (Wildman–Crippen LogP) is 6.28. The van der Waals surface area contributed by atoms with Crippen LogP contribution in [0.3, 0.4) is 0 Å². The molecule has 2 heterocycles. The van der Waals surface area contributed by atoms with Crippen LogP contribution in [-0.2, 0) is 40.3 Å². The minimum atomic E-state index is -0.667. The molecule has 3 atom stereocenters. The van der Waals surface area contributed by atoms with E-state index in [1.807, 2.05) is 60.5 Å². The zero-order chi connectivity index (χ0) is 35.0. The van der Waals surface area contributed by atoms with Crippen LogP contribution in [0.25, 0.3) is 0 Å². The molecule has 0 radical (unpaired) electrons. The highest BCUT2D eigenvalue weighted by Crippen LogP contribution is 2.20. The lowest BCUT2D eigenvalue weighted by Crippen LogP contribution is -2.51. The number of hydrogen-bond donors (Lipinski definition) is 3. The van der Waals surface area contributed by atoms with Crippen LogP contribution in [0.1, 0.15) is 59.3 Å². The second-order valence-electron chi connectivity index (χ2n) is 12.3. The van der Waals surface area contributed by atoms with Gasteiger partial charge in [-0.25, -0.2) is 9.78 Å². The first-order chi connectivity index (χ1) is 23.7. The summed E-state index contributed by atoms with van der Waals surface area (Å²) in [7, 11) is 3.50. The van der Waals surface area contributed by atoms with Gasteiger partial charge in [-0.3, -0.25) is 9.78 Å². The summed E-state index contributed by atoms with van der Waals surface area (Å²) < 4.78 is 11.0. The lowest BCUT2D eigenvalue weighted by molar-refractivity contribution is -0.125. The van der Waals surface area contributed by atoms with Gasteiger partial charge in [0.1, 0.15) is 12.6 Å². The number of carbonyl (C=O) groups is 2. The lowest BCUT2D eigenvalue weighted by atomic mass is 9.96. The highest BCUT2D eigenvalue weighted by molar-refractivity contribution is 7.09. The average Bonchev–Trinajstić information content (AvgIpc) is 3.80. The largest absolute Gasteiger partial charge is 0.444 e. The Hall–Kier alpha value is -4.26. The number of amides is 2. The zero-order valence-electron chi connectivity index (χ0n) is 28.8. The van der Waals surface area contributed by atoms with Gasteiger partial charge in [-0.2, -0.15) is 0 Å². The fourth-order valence-corrected chi connectivity index (χ4v) is 6.60. The number of ether oxygens (including phenoxy) is 2. The Morgan fingerprint density at radius 1 is 0.918 bits per heavy atom. The maximum Gasteiger partial charge on any atom is 0.407 e. The van der Waals surface area contributed by atoms with E-state index < -0.39 is 12.1 Å². The second-order valence-corrected chi connectivity index (χ2v) is 14.2. The topological polar surface area (TPSA) is 118 Å². The smallest absolute Gasteiger partial charge is 0.407 e. The Kier molecular flexibility index (Phi) is 15.1. The van der Waals surface area contributed by atoms with Gasteiger partial charge in [-0.05, 0) is 36.8 Å². The van der Waals surface area contributed by atoms with E-state index in [9.17, 15) is 9.59 Å². The summed E-state index contributed by atoms with van der Waals surface area (Å²) in [4.78, 5) is 38.3. The molecule has 0 aliphatic carbocycles.